The van der Waals surface area contributed by atoms with Gasteiger partial charge in [-0.2, -0.15) is 11.8 Å². The Bertz CT molecular complexity index is 549. The second-order valence-electron chi connectivity index (χ2n) is 4.18. The molecule has 0 heterocycles. The minimum absolute atomic E-state index is 0.445. The molecule has 2 N–H and O–H groups in total. The van der Waals surface area contributed by atoms with Gasteiger partial charge < -0.3 is 5.73 Å². The summed E-state index contributed by atoms with van der Waals surface area (Å²) in [5.41, 5.74) is 9.05. The van der Waals surface area contributed by atoms with Gasteiger partial charge in [0.05, 0.1) is 0 Å². The molecule has 0 spiro atoms. The maximum Gasteiger partial charge on any atom is 0.103 e. The molecule has 2 aromatic rings. The number of rotatable bonds is 5. The molecule has 0 saturated heterocycles. The Morgan fingerprint density at radius 3 is 1.89 bits per heavy atom. The van der Waals surface area contributed by atoms with Crippen molar-refractivity contribution in [2.24, 2.45) is 5.73 Å². The van der Waals surface area contributed by atoms with Gasteiger partial charge in [-0.1, -0.05) is 60.2 Å². The first-order valence-electron chi connectivity index (χ1n) is 5.86. The van der Waals surface area contributed by atoms with Crippen molar-refractivity contribution in [3.8, 4) is 0 Å². The van der Waals surface area contributed by atoms with Gasteiger partial charge in [0, 0.05) is 22.1 Å². The van der Waals surface area contributed by atoms with Crippen molar-refractivity contribution < 1.29 is 0 Å². The molecule has 2 rings (SSSR count). The third-order valence-corrected chi connectivity index (χ3v) is 4.25. The first kappa shape index (κ1) is 14.4. The van der Waals surface area contributed by atoms with Gasteiger partial charge >= 0.3 is 0 Å². The fourth-order valence-electron chi connectivity index (χ4n) is 1.63. The molecule has 0 atom stereocenters. The minimum atomic E-state index is 0.445. The van der Waals surface area contributed by atoms with Crippen molar-refractivity contribution in [2.45, 2.75) is 11.5 Å². The molecular formula is C15H14ClNS2. The average Bonchev–Trinajstić information content (AvgIpc) is 2.41. The molecule has 0 aliphatic carbocycles. The van der Waals surface area contributed by atoms with Crippen LogP contribution in [0.3, 0.4) is 0 Å². The molecular weight excluding hydrogens is 294 g/mol. The fourth-order valence-corrected chi connectivity index (χ4v) is 2.85. The van der Waals surface area contributed by atoms with Crippen LogP contribution in [0.15, 0.2) is 48.5 Å². The highest BCUT2D eigenvalue weighted by Crippen LogP contribution is 2.19. The second kappa shape index (κ2) is 6.94. The van der Waals surface area contributed by atoms with Crippen LogP contribution in [0.2, 0.25) is 5.02 Å². The molecule has 0 aliphatic heterocycles. The molecule has 0 radical (unpaired) electrons. The van der Waals surface area contributed by atoms with E-state index in [1.807, 2.05) is 36.0 Å². The maximum absolute atomic E-state index is 5.85. The normalized spacial score (nSPS) is 10.4. The van der Waals surface area contributed by atoms with E-state index in [1.165, 1.54) is 11.1 Å². The van der Waals surface area contributed by atoms with E-state index in [2.05, 4.69) is 24.3 Å². The van der Waals surface area contributed by atoms with E-state index >= 15 is 0 Å². The first-order valence-corrected chi connectivity index (χ1v) is 7.80. The first-order chi connectivity index (χ1) is 9.15. The summed E-state index contributed by atoms with van der Waals surface area (Å²) in [6.45, 7) is 0. The lowest BCUT2D eigenvalue weighted by atomic mass is 10.1. The summed E-state index contributed by atoms with van der Waals surface area (Å²) in [5, 5.41) is 0.780. The lowest BCUT2D eigenvalue weighted by Gasteiger charge is -2.04. The molecule has 0 aliphatic rings. The smallest absolute Gasteiger partial charge is 0.103 e. The van der Waals surface area contributed by atoms with Gasteiger partial charge in [-0.25, -0.2) is 0 Å². The van der Waals surface area contributed by atoms with Crippen molar-refractivity contribution in [1.29, 1.82) is 0 Å². The average molecular weight is 308 g/mol. The lowest BCUT2D eigenvalue weighted by Crippen LogP contribution is -2.08. The van der Waals surface area contributed by atoms with Crippen LogP contribution in [-0.2, 0) is 11.5 Å². The van der Waals surface area contributed by atoms with Crippen molar-refractivity contribution in [1.82, 2.24) is 0 Å². The van der Waals surface area contributed by atoms with E-state index in [4.69, 9.17) is 29.6 Å². The van der Waals surface area contributed by atoms with Crippen molar-refractivity contribution in [3.63, 3.8) is 0 Å². The Kier molecular flexibility index (Phi) is 5.25. The Hall–Kier alpha value is -1.03. The Labute approximate surface area is 128 Å². The molecule has 0 unspecified atom stereocenters. The summed E-state index contributed by atoms with van der Waals surface area (Å²) in [6, 6.07) is 16.1. The second-order valence-corrected chi connectivity index (χ2v) is 6.04. The van der Waals surface area contributed by atoms with Gasteiger partial charge in [-0.05, 0) is 23.3 Å². The van der Waals surface area contributed by atoms with E-state index in [9.17, 15) is 0 Å². The van der Waals surface area contributed by atoms with Crippen LogP contribution in [0.4, 0.5) is 0 Å². The number of nitrogens with two attached hydrogens (primary N) is 1. The molecule has 0 saturated carbocycles. The zero-order valence-electron chi connectivity index (χ0n) is 10.3. The zero-order valence-corrected chi connectivity index (χ0v) is 12.7. The van der Waals surface area contributed by atoms with Crippen molar-refractivity contribution >= 4 is 40.6 Å². The van der Waals surface area contributed by atoms with Crippen molar-refractivity contribution in [2.75, 3.05) is 0 Å². The standard InChI is InChI=1S/C15H14ClNS2/c16-14-7-3-12(4-8-14)10-19-9-11-1-5-13(6-2-11)15(17)18/h1-8H,9-10H2,(H2,17,18). The summed E-state index contributed by atoms with van der Waals surface area (Å²) in [7, 11) is 0. The van der Waals surface area contributed by atoms with E-state index in [-0.39, 0.29) is 0 Å². The SMILES string of the molecule is NC(=S)c1ccc(CSCc2ccc(Cl)cc2)cc1. The number of benzene rings is 2. The van der Waals surface area contributed by atoms with Crippen LogP contribution in [0.25, 0.3) is 0 Å². The highest BCUT2D eigenvalue weighted by atomic mass is 35.5. The molecule has 2 aromatic carbocycles. The quantitative estimate of drug-likeness (QED) is 0.829. The van der Waals surface area contributed by atoms with Gasteiger partial charge in [0.25, 0.3) is 0 Å². The van der Waals surface area contributed by atoms with Gasteiger partial charge in [-0.3, -0.25) is 0 Å². The molecule has 0 fully saturated rings. The molecule has 0 aromatic heterocycles. The predicted octanol–water partition coefficient (Wildman–Crippen LogP) is 4.41. The number of thioether (sulfide) groups is 1. The molecule has 19 heavy (non-hydrogen) atoms. The minimum Gasteiger partial charge on any atom is -0.389 e. The predicted molar refractivity (Wildman–Crippen MR) is 88.8 cm³/mol. The van der Waals surface area contributed by atoms with Crippen LogP contribution >= 0.6 is 35.6 Å². The molecule has 4 heteroatoms. The number of hydrogen-bond acceptors (Lipinski definition) is 2. The van der Waals surface area contributed by atoms with E-state index in [0.717, 1.165) is 22.1 Å². The summed E-state index contributed by atoms with van der Waals surface area (Å²) in [4.78, 5) is 0.445. The topological polar surface area (TPSA) is 26.0 Å². The highest BCUT2D eigenvalue weighted by molar-refractivity contribution is 7.97. The number of halogens is 1. The molecule has 0 bridgehead atoms. The largest absolute Gasteiger partial charge is 0.389 e. The number of hydrogen-bond donors (Lipinski definition) is 1. The van der Waals surface area contributed by atoms with Gasteiger partial charge in [-0.15, -0.1) is 0 Å². The van der Waals surface area contributed by atoms with Crippen LogP contribution < -0.4 is 5.73 Å². The highest BCUT2D eigenvalue weighted by Gasteiger charge is 1.98. The van der Waals surface area contributed by atoms with Crippen LogP contribution in [0.1, 0.15) is 16.7 Å². The fraction of sp³-hybridized carbons (Fsp3) is 0.133. The van der Waals surface area contributed by atoms with Gasteiger partial charge in [0.15, 0.2) is 0 Å². The van der Waals surface area contributed by atoms with Crippen molar-refractivity contribution in [3.05, 3.63) is 70.2 Å². The van der Waals surface area contributed by atoms with E-state index < -0.39 is 0 Å². The monoisotopic (exact) mass is 307 g/mol. The molecule has 98 valence electrons. The van der Waals surface area contributed by atoms with E-state index in [1.54, 1.807) is 0 Å². The summed E-state index contributed by atoms with van der Waals surface area (Å²) < 4.78 is 0. The Morgan fingerprint density at radius 1 is 0.947 bits per heavy atom. The summed E-state index contributed by atoms with van der Waals surface area (Å²) >= 11 is 12.7. The van der Waals surface area contributed by atoms with Crippen LogP contribution in [0.5, 0.6) is 0 Å². The summed E-state index contributed by atoms with van der Waals surface area (Å²) in [6.07, 6.45) is 0. The maximum atomic E-state index is 5.85. The molecule has 0 amide bonds. The number of thiocarbonyl (C=S) groups is 1. The van der Waals surface area contributed by atoms with E-state index in [0.29, 0.717) is 4.99 Å². The molecule has 1 nitrogen and oxygen atoms in total. The van der Waals surface area contributed by atoms with Crippen LogP contribution in [0, 0.1) is 0 Å². The zero-order chi connectivity index (χ0) is 13.7. The lowest BCUT2D eigenvalue weighted by molar-refractivity contribution is 1.36. The summed E-state index contributed by atoms with van der Waals surface area (Å²) in [5.74, 6) is 1.95. The van der Waals surface area contributed by atoms with Crippen LogP contribution in [-0.4, -0.2) is 4.99 Å². The third kappa shape index (κ3) is 4.53. The Morgan fingerprint density at radius 2 is 1.42 bits per heavy atom. The van der Waals surface area contributed by atoms with Gasteiger partial charge in [0.2, 0.25) is 0 Å². The van der Waals surface area contributed by atoms with Gasteiger partial charge in [0.1, 0.15) is 4.99 Å². The third-order valence-electron chi connectivity index (χ3n) is 2.69. The Balaban J connectivity index is 1.85.